The summed E-state index contributed by atoms with van der Waals surface area (Å²) in [7, 11) is -3.63. The van der Waals surface area contributed by atoms with E-state index >= 15 is 0 Å². The number of sulfonamides is 1. The zero-order chi connectivity index (χ0) is 13.3. The first-order valence-corrected chi connectivity index (χ1v) is 6.78. The van der Waals surface area contributed by atoms with Gasteiger partial charge in [-0.2, -0.15) is 5.26 Å². The second-order valence-corrected chi connectivity index (χ2v) is 5.72. The third-order valence-electron chi connectivity index (χ3n) is 2.59. The molecule has 8 nitrogen and oxygen atoms in total. The molecule has 2 heterocycles. The summed E-state index contributed by atoms with van der Waals surface area (Å²) in [5.41, 5.74) is 0.139. The Bertz CT molecular complexity index is 615. The summed E-state index contributed by atoms with van der Waals surface area (Å²) in [6, 6.07) is 1.84. The summed E-state index contributed by atoms with van der Waals surface area (Å²) in [6.45, 7) is 0.152. The highest BCUT2D eigenvalue weighted by Gasteiger charge is 2.35. The van der Waals surface area contributed by atoms with Crippen molar-refractivity contribution in [1.82, 2.24) is 5.16 Å². The number of carbonyl (C=O) groups is 1. The summed E-state index contributed by atoms with van der Waals surface area (Å²) < 4.78 is 26.8. The molecule has 0 aromatic carbocycles. The number of nitrogens with two attached hydrogens (primary N) is 1. The molecule has 1 atom stereocenters. The van der Waals surface area contributed by atoms with Gasteiger partial charge in [0.15, 0.2) is 0 Å². The fraction of sp³-hybridized carbons (Fsp3) is 0.444. The van der Waals surface area contributed by atoms with Crippen LogP contribution in [0.4, 0.5) is 5.88 Å². The van der Waals surface area contributed by atoms with Gasteiger partial charge >= 0.3 is 0 Å². The molecule has 1 amide bonds. The third kappa shape index (κ3) is 2.49. The maximum absolute atomic E-state index is 11.7. The van der Waals surface area contributed by atoms with E-state index in [0.717, 1.165) is 0 Å². The molecule has 0 aliphatic carbocycles. The van der Waals surface area contributed by atoms with Crippen molar-refractivity contribution < 1.29 is 17.7 Å². The van der Waals surface area contributed by atoms with E-state index in [0.29, 0.717) is 0 Å². The lowest BCUT2D eigenvalue weighted by atomic mass is 10.1. The zero-order valence-electron chi connectivity index (χ0n) is 9.24. The van der Waals surface area contributed by atoms with Crippen LogP contribution in [0, 0.1) is 17.2 Å². The first-order valence-electron chi connectivity index (χ1n) is 5.06. The van der Waals surface area contributed by atoms with Crippen LogP contribution in [0.2, 0.25) is 0 Å². The monoisotopic (exact) mass is 270 g/mol. The molecule has 1 unspecified atom stereocenters. The molecule has 1 saturated heterocycles. The molecule has 2 N–H and O–H groups in total. The van der Waals surface area contributed by atoms with Crippen molar-refractivity contribution in [3.63, 3.8) is 0 Å². The largest absolute Gasteiger partial charge is 0.337 e. The normalized spacial score (nSPS) is 20.1. The Balaban J connectivity index is 2.18. The van der Waals surface area contributed by atoms with Crippen LogP contribution >= 0.6 is 0 Å². The molecule has 1 aromatic heterocycles. The molecule has 9 heteroatoms. The molecule has 18 heavy (non-hydrogen) atoms. The quantitative estimate of drug-likeness (QED) is 0.764. The lowest BCUT2D eigenvalue weighted by Crippen LogP contribution is -2.27. The van der Waals surface area contributed by atoms with E-state index in [1.807, 2.05) is 6.07 Å². The SMILES string of the molecule is N#Cc1cnoc1N1CC(CS(N)(=O)=O)CC1=O. The molecular weight excluding hydrogens is 260 g/mol. The Morgan fingerprint density at radius 1 is 1.67 bits per heavy atom. The van der Waals surface area contributed by atoms with Crippen molar-refractivity contribution >= 4 is 21.8 Å². The average molecular weight is 270 g/mol. The highest BCUT2D eigenvalue weighted by Crippen LogP contribution is 2.27. The Morgan fingerprint density at radius 3 is 3.00 bits per heavy atom. The Kier molecular flexibility index (Phi) is 3.06. The van der Waals surface area contributed by atoms with Gasteiger partial charge in [0.25, 0.3) is 5.88 Å². The van der Waals surface area contributed by atoms with Crippen LogP contribution in [0.1, 0.15) is 12.0 Å². The standard InChI is InChI=1S/C9H10N4O4S/c10-2-7-3-12-17-9(7)13-4-6(1-8(13)14)5-18(11,15)16/h3,6H,1,4-5H2,(H2,11,15,16). The maximum atomic E-state index is 11.7. The minimum atomic E-state index is -3.63. The number of hydrogen-bond donors (Lipinski definition) is 1. The molecule has 0 bridgehead atoms. The molecule has 1 aliphatic rings. The fourth-order valence-corrected chi connectivity index (χ4v) is 2.80. The Labute approximate surface area is 103 Å². The van der Waals surface area contributed by atoms with E-state index in [9.17, 15) is 13.2 Å². The van der Waals surface area contributed by atoms with E-state index in [4.69, 9.17) is 14.9 Å². The summed E-state index contributed by atoms with van der Waals surface area (Å²) in [5.74, 6) is -0.925. The van der Waals surface area contributed by atoms with E-state index < -0.39 is 15.9 Å². The van der Waals surface area contributed by atoms with Crippen molar-refractivity contribution in [3.8, 4) is 6.07 Å². The van der Waals surface area contributed by atoms with E-state index in [1.54, 1.807) is 0 Å². The van der Waals surface area contributed by atoms with E-state index in [2.05, 4.69) is 5.16 Å². The topological polar surface area (TPSA) is 130 Å². The second kappa shape index (κ2) is 4.40. The van der Waals surface area contributed by atoms with Gasteiger partial charge in [0, 0.05) is 18.9 Å². The Morgan fingerprint density at radius 2 is 2.39 bits per heavy atom. The summed E-state index contributed by atoms with van der Waals surface area (Å²) in [6.07, 6.45) is 1.26. The van der Waals surface area contributed by atoms with Gasteiger partial charge in [-0.25, -0.2) is 13.6 Å². The predicted octanol–water partition coefficient (Wildman–Crippen LogP) is -0.812. The molecule has 1 aliphatic heterocycles. The highest BCUT2D eigenvalue weighted by molar-refractivity contribution is 7.89. The maximum Gasteiger partial charge on any atom is 0.251 e. The molecule has 1 fully saturated rings. The van der Waals surface area contributed by atoms with Crippen molar-refractivity contribution in [2.45, 2.75) is 6.42 Å². The molecular formula is C9H10N4O4S. The minimum Gasteiger partial charge on any atom is -0.337 e. The van der Waals surface area contributed by atoms with Crippen molar-refractivity contribution in [3.05, 3.63) is 11.8 Å². The molecule has 96 valence electrons. The number of rotatable bonds is 3. The predicted molar refractivity (Wildman–Crippen MR) is 59.7 cm³/mol. The van der Waals surface area contributed by atoms with Crippen LogP contribution in [-0.2, 0) is 14.8 Å². The zero-order valence-corrected chi connectivity index (χ0v) is 10.1. The number of carbonyl (C=O) groups excluding carboxylic acids is 1. The lowest BCUT2D eigenvalue weighted by molar-refractivity contribution is -0.117. The first kappa shape index (κ1) is 12.5. The number of nitriles is 1. The van der Waals surface area contributed by atoms with Crippen molar-refractivity contribution in [1.29, 1.82) is 5.26 Å². The Hall–Kier alpha value is -1.92. The minimum absolute atomic E-state index is 0.0550. The highest BCUT2D eigenvalue weighted by atomic mass is 32.2. The fourth-order valence-electron chi connectivity index (χ4n) is 1.92. The number of anilines is 1. The van der Waals surface area contributed by atoms with Gasteiger partial charge in [-0.05, 0) is 0 Å². The van der Waals surface area contributed by atoms with Gasteiger partial charge in [0.2, 0.25) is 15.9 Å². The third-order valence-corrected chi connectivity index (χ3v) is 3.53. The molecule has 2 rings (SSSR count). The van der Waals surface area contributed by atoms with Crippen molar-refractivity contribution in [2.75, 3.05) is 17.2 Å². The number of aromatic nitrogens is 1. The smallest absolute Gasteiger partial charge is 0.251 e. The van der Waals surface area contributed by atoms with Crippen LogP contribution in [-0.4, -0.2) is 31.8 Å². The number of nitrogens with zero attached hydrogens (tertiary/aromatic N) is 3. The van der Waals surface area contributed by atoms with Crippen molar-refractivity contribution in [2.24, 2.45) is 11.1 Å². The second-order valence-electron chi connectivity index (χ2n) is 4.06. The van der Waals surface area contributed by atoms with E-state index in [1.165, 1.54) is 11.1 Å². The number of primary sulfonamides is 1. The first-order chi connectivity index (χ1) is 8.40. The van der Waals surface area contributed by atoms with Crippen LogP contribution in [0.5, 0.6) is 0 Å². The molecule has 1 aromatic rings. The summed E-state index contributed by atoms with van der Waals surface area (Å²) in [5, 5.41) is 17.2. The van der Waals surface area contributed by atoms with Crippen LogP contribution in [0.25, 0.3) is 0 Å². The van der Waals surface area contributed by atoms with Gasteiger partial charge in [0.1, 0.15) is 11.6 Å². The van der Waals surface area contributed by atoms with Crippen LogP contribution in [0.3, 0.4) is 0 Å². The van der Waals surface area contributed by atoms with Gasteiger partial charge in [-0.1, -0.05) is 5.16 Å². The summed E-state index contributed by atoms with van der Waals surface area (Å²) in [4.78, 5) is 13.0. The number of amides is 1. The lowest BCUT2D eigenvalue weighted by Gasteiger charge is -2.12. The molecule has 0 spiro atoms. The van der Waals surface area contributed by atoms with Crippen LogP contribution in [0.15, 0.2) is 10.7 Å². The van der Waals surface area contributed by atoms with Gasteiger partial charge in [-0.15, -0.1) is 0 Å². The van der Waals surface area contributed by atoms with Crippen LogP contribution < -0.4 is 10.0 Å². The van der Waals surface area contributed by atoms with Gasteiger partial charge in [0.05, 0.1) is 11.9 Å². The number of hydrogen-bond acceptors (Lipinski definition) is 6. The molecule has 0 radical (unpaired) electrons. The van der Waals surface area contributed by atoms with E-state index in [-0.39, 0.29) is 36.1 Å². The summed E-state index contributed by atoms with van der Waals surface area (Å²) >= 11 is 0. The molecule has 0 saturated carbocycles. The van der Waals surface area contributed by atoms with Gasteiger partial charge in [-0.3, -0.25) is 9.69 Å². The van der Waals surface area contributed by atoms with Gasteiger partial charge < -0.3 is 4.52 Å². The average Bonchev–Trinajstić information content (AvgIpc) is 2.81.